The number of nitrogens with one attached hydrogen (secondary N) is 1. The molecule has 6 heteroatoms. The van der Waals surface area contributed by atoms with Crippen molar-refractivity contribution in [1.29, 1.82) is 0 Å². The van der Waals surface area contributed by atoms with Crippen LogP contribution < -0.4 is 4.72 Å². The van der Waals surface area contributed by atoms with E-state index in [9.17, 15) is 8.42 Å². The molecular formula is C13H15ClN2O2S. The molecule has 1 aromatic heterocycles. The minimum Gasteiger partial charge on any atom is -0.284 e. The third-order valence-corrected chi connectivity index (χ3v) is 4.31. The number of fused-ring (bicyclic) bond motifs is 1. The number of unbranched alkanes of at least 4 members (excludes halogenated alkanes) is 1. The van der Waals surface area contributed by atoms with E-state index in [-0.39, 0.29) is 5.75 Å². The van der Waals surface area contributed by atoms with Gasteiger partial charge < -0.3 is 0 Å². The first-order valence-electron chi connectivity index (χ1n) is 6.02. The Morgan fingerprint density at radius 3 is 2.84 bits per heavy atom. The fourth-order valence-electron chi connectivity index (χ4n) is 1.76. The summed E-state index contributed by atoms with van der Waals surface area (Å²) in [6, 6.07) is 9.01. The number of anilines is 1. The van der Waals surface area contributed by atoms with Gasteiger partial charge in [0, 0.05) is 23.2 Å². The van der Waals surface area contributed by atoms with Crippen LogP contribution in [-0.2, 0) is 10.0 Å². The maximum Gasteiger partial charge on any atom is 0.232 e. The number of alkyl halides is 1. The second-order valence-corrected chi connectivity index (χ2v) is 6.45. The van der Waals surface area contributed by atoms with Gasteiger partial charge in [-0.3, -0.25) is 9.71 Å². The molecule has 19 heavy (non-hydrogen) atoms. The van der Waals surface area contributed by atoms with Crippen molar-refractivity contribution in [2.75, 3.05) is 16.4 Å². The Kier molecular flexibility index (Phi) is 4.61. The van der Waals surface area contributed by atoms with Gasteiger partial charge in [0.2, 0.25) is 10.0 Å². The second-order valence-electron chi connectivity index (χ2n) is 4.23. The second kappa shape index (κ2) is 6.21. The summed E-state index contributed by atoms with van der Waals surface area (Å²) in [5.41, 5.74) is 1.40. The number of halogens is 1. The molecule has 0 fully saturated rings. The lowest BCUT2D eigenvalue weighted by Crippen LogP contribution is -2.16. The maximum absolute atomic E-state index is 11.8. The van der Waals surface area contributed by atoms with Crippen molar-refractivity contribution in [1.82, 2.24) is 4.98 Å². The lowest BCUT2D eigenvalue weighted by Gasteiger charge is -2.08. The highest BCUT2D eigenvalue weighted by Crippen LogP contribution is 2.18. The summed E-state index contributed by atoms with van der Waals surface area (Å²) in [5, 5.41) is 0.906. The van der Waals surface area contributed by atoms with Crippen LogP contribution in [0.5, 0.6) is 0 Å². The van der Waals surface area contributed by atoms with Crippen LogP contribution >= 0.6 is 11.6 Å². The molecule has 2 rings (SSSR count). The molecule has 102 valence electrons. The van der Waals surface area contributed by atoms with E-state index in [4.69, 9.17) is 11.6 Å². The van der Waals surface area contributed by atoms with Crippen LogP contribution in [0.25, 0.3) is 10.9 Å². The molecule has 0 unspecified atom stereocenters. The van der Waals surface area contributed by atoms with E-state index in [2.05, 4.69) is 9.71 Å². The molecule has 0 aliphatic rings. The standard InChI is InChI=1S/C13H15ClN2O2S/c14-7-1-2-9-19(17,18)16-12-5-6-13-11(10-12)4-3-8-15-13/h3-6,8,10,16H,1-2,7,9H2. The molecule has 1 heterocycles. The molecular weight excluding hydrogens is 284 g/mol. The molecule has 0 aliphatic heterocycles. The average molecular weight is 299 g/mol. The van der Waals surface area contributed by atoms with Crippen molar-refractivity contribution in [2.45, 2.75) is 12.8 Å². The van der Waals surface area contributed by atoms with Gasteiger partial charge in [-0.25, -0.2) is 8.42 Å². The van der Waals surface area contributed by atoms with E-state index >= 15 is 0 Å². The number of benzene rings is 1. The quantitative estimate of drug-likeness (QED) is 0.659. The summed E-state index contributed by atoms with van der Waals surface area (Å²) in [6.07, 6.45) is 2.97. The lowest BCUT2D eigenvalue weighted by molar-refractivity contribution is 0.598. The summed E-state index contributed by atoms with van der Waals surface area (Å²) >= 11 is 5.53. The van der Waals surface area contributed by atoms with Crippen LogP contribution in [0.4, 0.5) is 5.69 Å². The molecule has 2 aromatic rings. The zero-order valence-electron chi connectivity index (χ0n) is 10.3. The van der Waals surface area contributed by atoms with Crippen LogP contribution in [0.1, 0.15) is 12.8 Å². The normalized spacial score (nSPS) is 11.6. The minimum atomic E-state index is -3.30. The zero-order chi connectivity index (χ0) is 13.7. The Bertz CT molecular complexity index is 658. The summed E-state index contributed by atoms with van der Waals surface area (Å²) in [6.45, 7) is 0. The summed E-state index contributed by atoms with van der Waals surface area (Å²) in [4.78, 5) is 4.19. The molecule has 0 saturated carbocycles. The van der Waals surface area contributed by atoms with Gasteiger partial charge in [-0.15, -0.1) is 11.6 Å². The topological polar surface area (TPSA) is 59.1 Å². The van der Waals surface area contributed by atoms with Crippen molar-refractivity contribution in [3.63, 3.8) is 0 Å². The molecule has 0 saturated heterocycles. The largest absolute Gasteiger partial charge is 0.284 e. The predicted molar refractivity (Wildman–Crippen MR) is 79.1 cm³/mol. The van der Waals surface area contributed by atoms with E-state index in [0.29, 0.717) is 24.4 Å². The van der Waals surface area contributed by atoms with Crippen molar-refractivity contribution >= 4 is 38.2 Å². The first-order chi connectivity index (χ1) is 9.11. The van der Waals surface area contributed by atoms with E-state index in [0.717, 1.165) is 10.9 Å². The third-order valence-electron chi connectivity index (χ3n) is 2.67. The van der Waals surface area contributed by atoms with Crippen LogP contribution in [0.2, 0.25) is 0 Å². The van der Waals surface area contributed by atoms with Gasteiger partial charge in [0.25, 0.3) is 0 Å². The van der Waals surface area contributed by atoms with Gasteiger partial charge >= 0.3 is 0 Å². The van der Waals surface area contributed by atoms with Gasteiger partial charge in [-0.1, -0.05) is 6.07 Å². The number of hydrogen-bond acceptors (Lipinski definition) is 3. The maximum atomic E-state index is 11.8. The first-order valence-corrected chi connectivity index (χ1v) is 8.21. The van der Waals surface area contributed by atoms with Crippen LogP contribution in [0.15, 0.2) is 36.5 Å². The van der Waals surface area contributed by atoms with Crippen molar-refractivity contribution < 1.29 is 8.42 Å². The molecule has 0 atom stereocenters. The molecule has 1 aromatic carbocycles. The predicted octanol–water partition coefficient (Wildman–Crippen LogP) is 3.00. The minimum absolute atomic E-state index is 0.0881. The Morgan fingerprint density at radius 1 is 1.21 bits per heavy atom. The van der Waals surface area contributed by atoms with Crippen molar-refractivity contribution in [3.8, 4) is 0 Å². The third kappa shape index (κ3) is 4.08. The van der Waals surface area contributed by atoms with Gasteiger partial charge in [0.15, 0.2) is 0 Å². The Balaban J connectivity index is 2.12. The fraction of sp³-hybridized carbons (Fsp3) is 0.308. The molecule has 0 aliphatic carbocycles. The van der Waals surface area contributed by atoms with E-state index in [1.54, 1.807) is 24.4 Å². The van der Waals surface area contributed by atoms with Crippen LogP contribution in [0.3, 0.4) is 0 Å². The van der Waals surface area contributed by atoms with E-state index in [1.165, 1.54) is 0 Å². The molecule has 4 nitrogen and oxygen atoms in total. The molecule has 1 N–H and O–H groups in total. The highest BCUT2D eigenvalue weighted by Gasteiger charge is 2.10. The first kappa shape index (κ1) is 14.1. The zero-order valence-corrected chi connectivity index (χ0v) is 11.9. The smallest absolute Gasteiger partial charge is 0.232 e. The van der Waals surface area contributed by atoms with Crippen molar-refractivity contribution in [3.05, 3.63) is 36.5 Å². The number of pyridine rings is 1. The number of nitrogens with zero attached hydrogens (tertiary/aromatic N) is 1. The van der Waals surface area contributed by atoms with Crippen LogP contribution in [0, 0.1) is 0 Å². The summed E-state index contributed by atoms with van der Waals surface area (Å²) in [7, 11) is -3.30. The van der Waals surface area contributed by atoms with Crippen molar-refractivity contribution in [2.24, 2.45) is 0 Å². The number of sulfonamides is 1. The molecule has 0 bridgehead atoms. The highest BCUT2D eigenvalue weighted by molar-refractivity contribution is 7.92. The molecule has 0 radical (unpaired) electrons. The lowest BCUT2D eigenvalue weighted by atomic mass is 10.2. The summed E-state index contributed by atoms with van der Waals surface area (Å²) in [5.74, 6) is 0.571. The fourth-order valence-corrected chi connectivity index (χ4v) is 3.12. The Hall–Kier alpha value is -1.33. The summed E-state index contributed by atoms with van der Waals surface area (Å²) < 4.78 is 26.3. The number of aromatic nitrogens is 1. The Labute approximate surface area is 117 Å². The highest BCUT2D eigenvalue weighted by atomic mass is 35.5. The van der Waals surface area contributed by atoms with Gasteiger partial charge in [-0.05, 0) is 37.1 Å². The molecule has 0 spiro atoms. The van der Waals surface area contributed by atoms with E-state index in [1.807, 2.05) is 12.1 Å². The number of hydrogen-bond donors (Lipinski definition) is 1. The van der Waals surface area contributed by atoms with Gasteiger partial charge in [-0.2, -0.15) is 0 Å². The van der Waals surface area contributed by atoms with E-state index < -0.39 is 10.0 Å². The molecule has 0 amide bonds. The number of rotatable bonds is 6. The SMILES string of the molecule is O=S(=O)(CCCCCl)Nc1ccc2ncccc2c1. The average Bonchev–Trinajstić information content (AvgIpc) is 2.38. The van der Waals surface area contributed by atoms with Crippen LogP contribution in [-0.4, -0.2) is 25.0 Å². The monoisotopic (exact) mass is 298 g/mol. The van der Waals surface area contributed by atoms with Gasteiger partial charge in [0.1, 0.15) is 0 Å². The Morgan fingerprint density at radius 2 is 2.05 bits per heavy atom. The van der Waals surface area contributed by atoms with Gasteiger partial charge in [0.05, 0.1) is 11.3 Å².